The number of hydrogen-bond acceptors (Lipinski definition) is 1. The van der Waals surface area contributed by atoms with Gasteiger partial charge < -0.3 is 5.73 Å². The third kappa shape index (κ3) is 2.09. The summed E-state index contributed by atoms with van der Waals surface area (Å²) in [7, 11) is 0. The van der Waals surface area contributed by atoms with Crippen molar-refractivity contribution in [2.24, 2.45) is 5.73 Å². The van der Waals surface area contributed by atoms with Crippen molar-refractivity contribution >= 4 is 0 Å². The van der Waals surface area contributed by atoms with Crippen LogP contribution in [0.2, 0.25) is 0 Å². The molecule has 1 saturated carbocycles. The Bertz CT molecular complexity index is 390. The lowest BCUT2D eigenvalue weighted by atomic mass is 9.80. The molecule has 0 bridgehead atoms. The number of halogens is 2. The Hall–Kier alpha value is -0.960. The predicted octanol–water partition coefficient (Wildman–Crippen LogP) is 3.26. The maximum Gasteiger partial charge on any atom is 0.127 e. The molecule has 0 spiro atoms. The normalized spacial score (nSPS) is 25.8. The van der Waals surface area contributed by atoms with Gasteiger partial charge in [-0.25, -0.2) is 8.78 Å². The van der Waals surface area contributed by atoms with Crippen LogP contribution in [0, 0.1) is 18.6 Å². The Morgan fingerprint density at radius 3 is 2.50 bits per heavy atom. The first-order chi connectivity index (χ1) is 7.59. The van der Waals surface area contributed by atoms with E-state index < -0.39 is 0 Å². The highest BCUT2D eigenvalue weighted by Gasteiger charge is 2.26. The van der Waals surface area contributed by atoms with Gasteiger partial charge >= 0.3 is 0 Å². The second-order valence-corrected chi connectivity index (χ2v) is 4.68. The standard InChI is InChI=1S/C13H17F2N/c1-8-6-12(15)10(7-11(8)14)9-4-2-3-5-13(9)16/h6-7,9,13H,2-5,16H2,1H3/t9?,13-/m0/s1. The van der Waals surface area contributed by atoms with Crippen LogP contribution < -0.4 is 5.73 Å². The topological polar surface area (TPSA) is 26.0 Å². The average Bonchev–Trinajstić information content (AvgIpc) is 2.25. The van der Waals surface area contributed by atoms with Crippen LogP contribution in [-0.2, 0) is 0 Å². The Labute approximate surface area is 94.7 Å². The minimum Gasteiger partial charge on any atom is -0.327 e. The van der Waals surface area contributed by atoms with E-state index in [-0.39, 0.29) is 23.6 Å². The van der Waals surface area contributed by atoms with Crippen LogP contribution in [-0.4, -0.2) is 6.04 Å². The predicted molar refractivity (Wildman–Crippen MR) is 60.3 cm³/mol. The van der Waals surface area contributed by atoms with Gasteiger partial charge in [0.1, 0.15) is 11.6 Å². The van der Waals surface area contributed by atoms with Gasteiger partial charge in [0.05, 0.1) is 0 Å². The summed E-state index contributed by atoms with van der Waals surface area (Å²) in [6, 6.07) is 2.55. The second kappa shape index (κ2) is 4.50. The maximum atomic E-state index is 13.8. The quantitative estimate of drug-likeness (QED) is 0.780. The summed E-state index contributed by atoms with van der Waals surface area (Å²) >= 11 is 0. The first-order valence-corrected chi connectivity index (χ1v) is 5.80. The Morgan fingerprint density at radius 2 is 1.81 bits per heavy atom. The van der Waals surface area contributed by atoms with Crippen LogP contribution in [0.3, 0.4) is 0 Å². The molecule has 2 atom stereocenters. The van der Waals surface area contributed by atoms with Gasteiger partial charge in [-0.15, -0.1) is 0 Å². The molecule has 1 unspecified atom stereocenters. The second-order valence-electron chi connectivity index (χ2n) is 4.68. The maximum absolute atomic E-state index is 13.8. The highest BCUT2D eigenvalue weighted by Crippen LogP contribution is 2.34. The molecule has 1 aromatic rings. The van der Waals surface area contributed by atoms with E-state index in [2.05, 4.69) is 0 Å². The molecule has 0 amide bonds. The van der Waals surface area contributed by atoms with Crippen LogP contribution in [0.25, 0.3) is 0 Å². The lowest BCUT2D eigenvalue weighted by Gasteiger charge is -2.29. The van der Waals surface area contributed by atoms with Crippen molar-refractivity contribution in [2.45, 2.75) is 44.6 Å². The molecule has 1 aliphatic carbocycles. The number of aryl methyl sites for hydroxylation is 1. The molecule has 0 saturated heterocycles. The highest BCUT2D eigenvalue weighted by atomic mass is 19.1. The Morgan fingerprint density at radius 1 is 1.12 bits per heavy atom. The van der Waals surface area contributed by atoms with E-state index in [0.717, 1.165) is 25.7 Å². The summed E-state index contributed by atoms with van der Waals surface area (Å²) in [6.07, 6.45) is 3.90. The van der Waals surface area contributed by atoms with Gasteiger partial charge in [-0.3, -0.25) is 0 Å². The fraction of sp³-hybridized carbons (Fsp3) is 0.538. The largest absolute Gasteiger partial charge is 0.327 e. The summed E-state index contributed by atoms with van der Waals surface area (Å²) in [5.41, 5.74) is 6.79. The number of nitrogens with two attached hydrogens (primary N) is 1. The molecule has 1 nitrogen and oxygen atoms in total. The summed E-state index contributed by atoms with van der Waals surface area (Å²) in [5, 5.41) is 0. The smallest absolute Gasteiger partial charge is 0.127 e. The van der Waals surface area contributed by atoms with Crippen molar-refractivity contribution in [2.75, 3.05) is 0 Å². The van der Waals surface area contributed by atoms with Crippen LogP contribution in [0.4, 0.5) is 8.78 Å². The summed E-state index contributed by atoms with van der Waals surface area (Å²) in [5.74, 6) is -0.681. The van der Waals surface area contributed by atoms with Crippen molar-refractivity contribution in [3.8, 4) is 0 Å². The third-order valence-electron chi connectivity index (χ3n) is 3.50. The summed E-state index contributed by atoms with van der Waals surface area (Å²) < 4.78 is 27.2. The van der Waals surface area contributed by atoms with Gasteiger partial charge in [-0.1, -0.05) is 12.8 Å². The first-order valence-electron chi connectivity index (χ1n) is 5.80. The van der Waals surface area contributed by atoms with E-state index in [9.17, 15) is 8.78 Å². The minimum atomic E-state index is -0.339. The van der Waals surface area contributed by atoms with E-state index >= 15 is 0 Å². The fourth-order valence-corrected chi connectivity index (χ4v) is 2.49. The minimum absolute atomic E-state index is 0.0242. The molecule has 1 aliphatic rings. The highest BCUT2D eigenvalue weighted by molar-refractivity contribution is 5.29. The van der Waals surface area contributed by atoms with Crippen LogP contribution in [0.1, 0.15) is 42.7 Å². The van der Waals surface area contributed by atoms with E-state index in [1.165, 1.54) is 12.1 Å². The molecule has 0 heterocycles. The molecule has 0 aromatic heterocycles. The monoisotopic (exact) mass is 225 g/mol. The molecular formula is C13H17F2N. The summed E-state index contributed by atoms with van der Waals surface area (Å²) in [6.45, 7) is 1.57. The van der Waals surface area contributed by atoms with E-state index in [0.29, 0.717) is 11.1 Å². The number of benzene rings is 1. The third-order valence-corrected chi connectivity index (χ3v) is 3.50. The SMILES string of the molecule is Cc1cc(F)c(C2CCCC[C@@H]2N)cc1F. The van der Waals surface area contributed by atoms with Crippen molar-refractivity contribution in [3.05, 3.63) is 34.9 Å². The van der Waals surface area contributed by atoms with Gasteiger partial charge in [0.25, 0.3) is 0 Å². The average molecular weight is 225 g/mol. The van der Waals surface area contributed by atoms with Crippen molar-refractivity contribution in [3.63, 3.8) is 0 Å². The molecule has 2 rings (SSSR count). The molecular weight excluding hydrogens is 208 g/mol. The van der Waals surface area contributed by atoms with Crippen molar-refractivity contribution in [1.82, 2.24) is 0 Å². The van der Waals surface area contributed by atoms with Gasteiger partial charge in [0.2, 0.25) is 0 Å². The molecule has 1 aromatic carbocycles. The van der Waals surface area contributed by atoms with Gasteiger partial charge in [0, 0.05) is 12.0 Å². The van der Waals surface area contributed by atoms with Crippen LogP contribution in [0.5, 0.6) is 0 Å². The molecule has 0 aliphatic heterocycles. The molecule has 0 radical (unpaired) electrons. The zero-order chi connectivity index (χ0) is 11.7. The zero-order valence-electron chi connectivity index (χ0n) is 9.47. The summed E-state index contributed by atoms with van der Waals surface area (Å²) in [4.78, 5) is 0. The zero-order valence-corrected chi connectivity index (χ0v) is 9.47. The molecule has 3 heteroatoms. The molecule has 2 N–H and O–H groups in total. The Kier molecular flexibility index (Phi) is 3.24. The molecule has 16 heavy (non-hydrogen) atoms. The van der Waals surface area contributed by atoms with Crippen molar-refractivity contribution < 1.29 is 8.78 Å². The van der Waals surface area contributed by atoms with Crippen LogP contribution in [0.15, 0.2) is 12.1 Å². The first kappa shape index (κ1) is 11.5. The molecule has 88 valence electrons. The number of hydrogen-bond donors (Lipinski definition) is 1. The van der Waals surface area contributed by atoms with Crippen LogP contribution >= 0.6 is 0 Å². The fourth-order valence-electron chi connectivity index (χ4n) is 2.49. The Balaban J connectivity index is 2.35. The van der Waals surface area contributed by atoms with E-state index in [4.69, 9.17) is 5.73 Å². The lowest BCUT2D eigenvalue weighted by molar-refractivity contribution is 0.374. The van der Waals surface area contributed by atoms with Gasteiger partial charge in [0.15, 0.2) is 0 Å². The lowest BCUT2D eigenvalue weighted by Crippen LogP contribution is -2.32. The van der Waals surface area contributed by atoms with E-state index in [1.54, 1.807) is 6.92 Å². The van der Waals surface area contributed by atoms with E-state index in [1.807, 2.05) is 0 Å². The van der Waals surface area contributed by atoms with Gasteiger partial charge in [-0.2, -0.15) is 0 Å². The molecule has 1 fully saturated rings. The van der Waals surface area contributed by atoms with Crippen molar-refractivity contribution in [1.29, 1.82) is 0 Å². The van der Waals surface area contributed by atoms with Gasteiger partial charge in [-0.05, 0) is 43.0 Å². The number of rotatable bonds is 1.